The number of hydrogen-bond donors (Lipinski definition) is 1. The van der Waals surface area contributed by atoms with Crippen LogP contribution in [-0.4, -0.2) is 52.0 Å². The SMILES string of the molecule is COCCOC(=O)NC(Cc1ccccc1)(c1cccc(OCC(F)(F)F)c1)c1cccc(OCC(F)(F)F)c1. The van der Waals surface area contributed by atoms with Gasteiger partial charge in [0.2, 0.25) is 0 Å². The van der Waals surface area contributed by atoms with Crippen molar-refractivity contribution in [3.63, 3.8) is 0 Å². The fourth-order valence-electron chi connectivity index (χ4n) is 3.92. The van der Waals surface area contributed by atoms with Crippen molar-refractivity contribution >= 4 is 6.09 Å². The second-order valence-electron chi connectivity index (χ2n) is 8.68. The second-order valence-corrected chi connectivity index (χ2v) is 8.68. The standard InChI is InChI=1S/C28H27F6NO5/c1-37-13-14-38-25(36)35-26(17-20-7-3-2-4-8-20,21-9-5-11-23(15-21)39-18-27(29,30)31)22-10-6-12-24(16-22)40-19-28(32,33)34/h2-12,15-16H,13-14,17-19H2,1H3,(H,35,36). The van der Waals surface area contributed by atoms with E-state index in [4.69, 9.17) is 18.9 Å². The molecular weight excluding hydrogens is 544 g/mol. The van der Waals surface area contributed by atoms with E-state index in [1.54, 1.807) is 42.5 Å². The highest BCUT2D eigenvalue weighted by atomic mass is 19.4. The summed E-state index contributed by atoms with van der Waals surface area (Å²) >= 11 is 0. The summed E-state index contributed by atoms with van der Waals surface area (Å²) in [6.07, 6.45) is -10.0. The molecule has 0 saturated heterocycles. The van der Waals surface area contributed by atoms with Crippen LogP contribution in [-0.2, 0) is 21.4 Å². The number of amides is 1. The summed E-state index contributed by atoms with van der Waals surface area (Å²) in [4.78, 5) is 13.0. The van der Waals surface area contributed by atoms with Gasteiger partial charge in [0.1, 0.15) is 18.1 Å². The maximum atomic E-state index is 13.0. The van der Waals surface area contributed by atoms with E-state index in [-0.39, 0.29) is 42.3 Å². The number of methoxy groups -OCH3 is 1. The summed E-state index contributed by atoms with van der Waals surface area (Å²) in [5, 5.41) is 2.80. The van der Waals surface area contributed by atoms with Crippen LogP contribution in [0.3, 0.4) is 0 Å². The van der Waals surface area contributed by atoms with Gasteiger partial charge in [0.05, 0.1) is 12.1 Å². The molecule has 0 aliphatic carbocycles. The number of carbonyl (C=O) groups is 1. The van der Waals surface area contributed by atoms with E-state index in [1.807, 2.05) is 0 Å². The van der Waals surface area contributed by atoms with Gasteiger partial charge in [-0.15, -0.1) is 0 Å². The zero-order valence-corrected chi connectivity index (χ0v) is 21.4. The van der Waals surface area contributed by atoms with E-state index in [9.17, 15) is 31.1 Å². The topological polar surface area (TPSA) is 66.0 Å². The van der Waals surface area contributed by atoms with E-state index in [0.29, 0.717) is 5.56 Å². The molecule has 12 heteroatoms. The number of nitrogens with one attached hydrogen (secondary N) is 1. The van der Waals surface area contributed by atoms with Crippen LogP contribution in [0.4, 0.5) is 31.1 Å². The zero-order chi connectivity index (χ0) is 29.2. The normalized spacial score (nSPS) is 12.1. The monoisotopic (exact) mass is 571 g/mol. The summed E-state index contributed by atoms with van der Waals surface area (Å²) in [5.74, 6) is -0.266. The molecule has 0 aliphatic heterocycles. The smallest absolute Gasteiger partial charge is 0.422 e. The van der Waals surface area contributed by atoms with Crippen molar-refractivity contribution in [1.29, 1.82) is 0 Å². The van der Waals surface area contributed by atoms with Gasteiger partial charge in [-0.3, -0.25) is 0 Å². The Labute approximate surface area is 226 Å². The van der Waals surface area contributed by atoms with Gasteiger partial charge in [-0.2, -0.15) is 26.3 Å². The first-order valence-electron chi connectivity index (χ1n) is 12.0. The Bertz CT molecular complexity index is 1170. The minimum Gasteiger partial charge on any atom is -0.484 e. The van der Waals surface area contributed by atoms with Crippen LogP contribution in [0.25, 0.3) is 0 Å². The number of ether oxygens (including phenoxy) is 4. The second kappa shape index (κ2) is 13.4. The third-order valence-corrected chi connectivity index (χ3v) is 5.61. The van der Waals surface area contributed by atoms with Crippen molar-refractivity contribution in [1.82, 2.24) is 5.32 Å². The number of benzene rings is 3. The molecule has 3 aromatic carbocycles. The van der Waals surface area contributed by atoms with Crippen molar-refractivity contribution in [2.45, 2.75) is 24.3 Å². The quantitative estimate of drug-likeness (QED) is 0.201. The lowest BCUT2D eigenvalue weighted by Crippen LogP contribution is -2.49. The van der Waals surface area contributed by atoms with Gasteiger partial charge in [-0.05, 0) is 41.0 Å². The Morgan fingerprint density at radius 1 is 0.725 bits per heavy atom. The van der Waals surface area contributed by atoms with Crippen molar-refractivity contribution < 1.29 is 50.1 Å². The molecule has 40 heavy (non-hydrogen) atoms. The van der Waals surface area contributed by atoms with E-state index < -0.39 is 37.2 Å². The van der Waals surface area contributed by atoms with Crippen molar-refractivity contribution in [2.75, 3.05) is 33.5 Å². The summed E-state index contributed by atoms with van der Waals surface area (Å²) in [5.41, 5.74) is -0.274. The highest BCUT2D eigenvalue weighted by Gasteiger charge is 2.38. The summed E-state index contributed by atoms with van der Waals surface area (Å²) < 4.78 is 97.1. The number of alkyl halides is 6. The molecule has 0 saturated carbocycles. The van der Waals surface area contributed by atoms with Crippen LogP contribution in [0.1, 0.15) is 16.7 Å². The van der Waals surface area contributed by atoms with Crippen LogP contribution in [0, 0.1) is 0 Å². The largest absolute Gasteiger partial charge is 0.484 e. The highest BCUT2D eigenvalue weighted by Crippen LogP contribution is 2.37. The number of carbonyl (C=O) groups excluding carboxylic acids is 1. The van der Waals surface area contributed by atoms with Crippen molar-refractivity contribution in [2.24, 2.45) is 0 Å². The molecule has 0 aromatic heterocycles. The number of halogens is 6. The minimum atomic E-state index is -4.59. The molecule has 0 spiro atoms. The predicted octanol–water partition coefficient (Wildman–Crippen LogP) is 6.43. The molecule has 0 atom stereocenters. The zero-order valence-electron chi connectivity index (χ0n) is 21.4. The number of rotatable bonds is 12. The molecule has 1 amide bonds. The van der Waals surface area contributed by atoms with Gasteiger partial charge in [-0.25, -0.2) is 4.79 Å². The Balaban J connectivity index is 2.15. The van der Waals surface area contributed by atoms with E-state index in [0.717, 1.165) is 0 Å². The predicted molar refractivity (Wildman–Crippen MR) is 133 cm³/mol. The summed E-state index contributed by atoms with van der Waals surface area (Å²) in [6, 6.07) is 20.1. The third kappa shape index (κ3) is 9.37. The van der Waals surface area contributed by atoms with E-state index in [2.05, 4.69) is 5.32 Å². The van der Waals surface area contributed by atoms with Gasteiger partial charge in [0.15, 0.2) is 13.2 Å². The number of alkyl carbamates (subject to hydrolysis) is 1. The fraction of sp³-hybridized carbons (Fsp3) is 0.321. The van der Waals surface area contributed by atoms with E-state index >= 15 is 0 Å². The Kier molecular flexibility index (Phi) is 10.3. The lowest BCUT2D eigenvalue weighted by Gasteiger charge is -2.36. The Morgan fingerprint density at radius 2 is 1.25 bits per heavy atom. The molecular formula is C28H27F6NO5. The van der Waals surface area contributed by atoms with Crippen LogP contribution in [0.5, 0.6) is 11.5 Å². The van der Waals surface area contributed by atoms with Crippen molar-refractivity contribution in [3.05, 3.63) is 95.6 Å². The fourth-order valence-corrected chi connectivity index (χ4v) is 3.92. The van der Waals surface area contributed by atoms with E-state index in [1.165, 1.54) is 43.5 Å². The van der Waals surface area contributed by atoms with Crippen LogP contribution < -0.4 is 14.8 Å². The first kappa shape index (κ1) is 30.6. The lowest BCUT2D eigenvalue weighted by molar-refractivity contribution is -0.154. The van der Waals surface area contributed by atoms with Crippen LogP contribution in [0.2, 0.25) is 0 Å². The van der Waals surface area contributed by atoms with Gasteiger partial charge in [-0.1, -0.05) is 54.6 Å². The number of hydrogen-bond acceptors (Lipinski definition) is 5. The molecule has 216 valence electrons. The Hall–Kier alpha value is -3.93. The Morgan fingerprint density at radius 3 is 1.73 bits per heavy atom. The van der Waals surface area contributed by atoms with Crippen LogP contribution >= 0.6 is 0 Å². The first-order valence-corrected chi connectivity index (χ1v) is 12.0. The molecule has 0 radical (unpaired) electrons. The maximum absolute atomic E-state index is 13.0. The molecule has 0 fully saturated rings. The summed E-state index contributed by atoms with van der Waals surface area (Å²) in [7, 11) is 1.42. The minimum absolute atomic E-state index is 0.0403. The van der Waals surface area contributed by atoms with Crippen LogP contribution in [0.15, 0.2) is 78.9 Å². The van der Waals surface area contributed by atoms with Crippen molar-refractivity contribution in [3.8, 4) is 11.5 Å². The molecule has 3 aromatic rings. The molecule has 1 N–H and O–H groups in total. The molecule has 6 nitrogen and oxygen atoms in total. The van der Waals surface area contributed by atoms with Gasteiger partial charge in [0, 0.05) is 13.5 Å². The van der Waals surface area contributed by atoms with Gasteiger partial charge < -0.3 is 24.3 Å². The average molecular weight is 572 g/mol. The average Bonchev–Trinajstić information content (AvgIpc) is 2.91. The lowest BCUT2D eigenvalue weighted by atomic mass is 9.78. The summed E-state index contributed by atoms with van der Waals surface area (Å²) in [6.45, 7) is -3.10. The molecule has 0 aliphatic rings. The first-order chi connectivity index (χ1) is 18.9. The third-order valence-electron chi connectivity index (χ3n) is 5.61. The maximum Gasteiger partial charge on any atom is 0.422 e. The molecule has 3 rings (SSSR count). The highest BCUT2D eigenvalue weighted by molar-refractivity contribution is 5.70. The molecule has 0 bridgehead atoms. The van der Waals surface area contributed by atoms with Gasteiger partial charge in [0.25, 0.3) is 0 Å². The molecule has 0 heterocycles. The van der Waals surface area contributed by atoms with Gasteiger partial charge >= 0.3 is 18.4 Å². The molecule has 0 unspecified atom stereocenters.